The first kappa shape index (κ1) is 20.3. The maximum atomic E-state index is 12.7. The molecule has 7 heteroatoms. The monoisotopic (exact) mass is 445 g/mol. The van der Waals surface area contributed by atoms with Gasteiger partial charge in [-0.25, -0.2) is 0 Å². The quantitative estimate of drug-likeness (QED) is 0.418. The largest absolute Gasteiger partial charge is 0.457 e. The molecule has 3 aromatic carbocycles. The molecule has 4 aromatic rings. The summed E-state index contributed by atoms with van der Waals surface area (Å²) in [6, 6.07) is 26.1. The molecule has 0 spiro atoms. The van der Waals surface area contributed by atoms with Gasteiger partial charge >= 0.3 is 0 Å². The number of nitrogens with zero attached hydrogens (tertiary/aromatic N) is 2. The molecule has 5 rings (SSSR count). The number of para-hydroxylation sites is 1. The summed E-state index contributed by atoms with van der Waals surface area (Å²) in [6.45, 7) is 0.925. The van der Waals surface area contributed by atoms with E-state index in [0.717, 1.165) is 17.0 Å². The van der Waals surface area contributed by atoms with E-state index in [1.54, 1.807) is 18.2 Å². The fourth-order valence-corrected chi connectivity index (χ4v) is 3.67. The van der Waals surface area contributed by atoms with E-state index in [1.165, 1.54) is 0 Å². The third-order valence-corrected chi connectivity index (χ3v) is 5.45. The van der Waals surface area contributed by atoms with Crippen molar-refractivity contribution in [2.45, 2.75) is 19.3 Å². The van der Waals surface area contributed by atoms with Crippen LogP contribution in [0.4, 0.5) is 5.69 Å². The zero-order valence-corrected chi connectivity index (χ0v) is 17.8. The number of halogens is 1. The Kier molecular flexibility index (Phi) is 5.62. The highest BCUT2D eigenvalue weighted by Gasteiger charge is 2.24. The number of fused-ring (bicyclic) bond motifs is 1. The molecule has 1 aliphatic heterocycles. The summed E-state index contributed by atoms with van der Waals surface area (Å²) in [4.78, 5) is 12.7. The highest BCUT2D eigenvalue weighted by atomic mass is 35.5. The molecule has 0 saturated carbocycles. The number of hydrogen-bond acceptors (Lipinski definition) is 4. The second-order valence-electron chi connectivity index (χ2n) is 7.45. The van der Waals surface area contributed by atoms with Crippen molar-refractivity contribution in [1.29, 1.82) is 0 Å². The summed E-state index contributed by atoms with van der Waals surface area (Å²) >= 11 is 5.97. The van der Waals surface area contributed by atoms with Gasteiger partial charge in [-0.05, 0) is 60.2 Å². The molecule has 0 unspecified atom stereocenters. The van der Waals surface area contributed by atoms with Crippen molar-refractivity contribution in [1.82, 2.24) is 9.78 Å². The molecule has 32 heavy (non-hydrogen) atoms. The first-order valence-electron chi connectivity index (χ1n) is 10.2. The minimum absolute atomic E-state index is 0.132. The number of nitrogens with one attached hydrogen (secondary N) is 1. The number of carbonyl (C=O) groups is 1. The summed E-state index contributed by atoms with van der Waals surface area (Å²) in [5.41, 5.74) is 2.91. The second-order valence-corrected chi connectivity index (χ2v) is 7.88. The van der Waals surface area contributed by atoms with Gasteiger partial charge in [0.2, 0.25) is 0 Å². The Bertz CT molecular complexity index is 1220. The van der Waals surface area contributed by atoms with Crippen LogP contribution in [-0.2, 0) is 17.9 Å². The van der Waals surface area contributed by atoms with Crippen LogP contribution in [0.1, 0.15) is 27.8 Å². The second kappa shape index (κ2) is 8.86. The summed E-state index contributed by atoms with van der Waals surface area (Å²) in [5, 5.41) is 8.05. The number of aromatic nitrogens is 2. The van der Waals surface area contributed by atoms with Gasteiger partial charge in [0.15, 0.2) is 5.69 Å². The van der Waals surface area contributed by atoms with Crippen LogP contribution in [0.5, 0.6) is 11.5 Å². The predicted octanol–water partition coefficient (Wildman–Crippen LogP) is 5.85. The molecule has 2 heterocycles. The summed E-state index contributed by atoms with van der Waals surface area (Å²) in [7, 11) is 0. The van der Waals surface area contributed by atoms with Gasteiger partial charge in [-0.15, -0.1) is 0 Å². The number of benzene rings is 3. The number of ether oxygens (including phenoxy) is 2. The average Bonchev–Trinajstić information content (AvgIpc) is 3.25. The molecule has 0 fully saturated rings. The van der Waals surface area contributed by atoms with E-state index in [2.05, 4.69) is 10.4 Å². The Morgan fingerprint density at radius 3 is 2.47 bits per heavy atom. The van der Waals surface area contributed by atoms with Gasteiger partial charge in [0.1, 0.15) is 17.6 Å². The number of amides is 1. The van der Waals surface area contributed by atoms with Crippen LogP contribution in [0.25, 0.3) is 0 Å². The van der Waals surface area contributed by atoms with Crippen molar-refractivity contribution in [3.63, 3.8) is 0 Å². The van der Waals surface area contributed by atoms with Gasteiger partial charge in [0.25, 0.3) is 5.91 Å². The van der Waals surface area contributed by atoms with Crippen LogP contribution in [0.15, 0.2) is 84.9 Å². The van der Waals surface area contributed by atoms with Gasteiger partial charge in [-0.2, -0.15) is 5.10 Å². The van der Waals surface area contributed by atoms with E-state index in [0.29, 0.717) is 35.3 Å². The highest BCUT2D eigenvalue weighted by Crippen LogP contribution is 2.28. The molecular formula is C25H20ClN3O3. The third-order valence-electron chi connectivity index (χ3n) is 5.20. The topological polar surface area (TPSA) is 65.4 Å². The zero-order valence-electron chi connectivity index (χ0n) is 17.1. The Morgan fingerprint density at radius 2 is 1.72 bits per heavy atom. The summed E-state index contributed by atoms with van der Waals surface area (Å²) in [5.74, 6) is 1.18. The number of anilines is 1. The van der Waals surface area contributed by atoms with Crippen LogP contribution in [-0.4, -0.2) is 15.7 Å². The van der Waals surface area contributed by atoms with Crippen LogP contribution >= 0.6 is 11.6 Å². The van der Waals surface area contributed by atoms with E-state index in [9.17, 15) is 4.79 Å². The Labute approximate surface area is 190 Å². The lowest BCUT2D eigenvalue weighted by molar-refractivity contribution is -0.00118. The summed E-state index contributed by atoms with van der Waals surface area (Å²) in [6.07, 6.45) is -0.132. The first-order valence-corrected chi connectivity index (χ1v) is 10.6. The van der Waals surface area contributed by atoms with E-state index < -0.39 is 0 Å². The predicted molar refractivity (Wildman–Crippen MR) is 122 cm³/mol. The molecule has 160 valence electrons. The van der Waals surface area contributed by atoms with Gasteiger partial charge in [0.05, 0.1) is 18.8 Å². The molecule has 0 saturated heterocycles. The standard InChI is InChI=1S/C25H20ClN3O3/c26-18-8-6-17(7-9-18)24-15-29-20(16-31-24)14-23(28-29)25(30)27-19-10-12-22(13-11-19)32-21-4-2-1-3-5-21/h1-14,24H,15-16H2,(H,27,30)/t24-/m1/s1. The lowest BCUT2D eigenvalue weighted by Crippen LogP contribution is -2.22. The fourth-order valence-electron chi connectivity index (χ4n) is 3.54. The molecule has 1 aliphatic rings. The summed E-state index contributed by atoms with van der Waals surface area (Å²) < 4.78 is 13.6. The molecule has 0 radical (unpaired) electrons. The Balaban J connectivity index is 1.23. The molecular weight excluding hydrogens is 426 g/mol. The van der Waals surface area contributed by atoms with Gasteiger partial charge < -0.3 is 14.8 Å². The molecule has 1 aromatic heterocycles. The minimum Gasteiger partial charge on any atom is -0.457 e. The SMILES string of the molecule is O=C(Nc1ccc(Oc2ccccc2)cc1)c1cc2n(n1)C[C@H](c1ccc(Cl)cc1)OC2. The molecule has 0 bridgehead atoms. The molecule has 1 N–H and O–H groups in total. The lowest BCUT2D eigenvalue weighted by atomic mass is 10.1. The van der Waals surface area contributed by atoms with Crippen molar-refractivity contribution in [2.24, 2.45) is 0 Å². The Morgan fingerprint density at radius 1 is 1.00 bits per heavy atom. The molecule has 1 amide bonds. The molecule has 0 aliphatic carbocycles. The maximum absolute atomic E-state index is 12.7. The number of carbonyl (C=O) groups excluding carboxylic acids is 1. The van der Waals surface area contributed by atoms with Crippen LogP contribution in [0.3, 0.4) is 0 Å². The maximum Gasteiger partial charge on any atom is 0.276 e. The minimum atomic E-state index is -0.272. The van der Waals surface area contributed by atoms with E-state index in [4.69, 9.17) is 21.1 Å². The average molecular weight is 446 g/mol. The van der Waals surface area contributed by atoms with Crippen molar-refractivity contribution in [3.05, 3.63) is 107 Å². The van der Waals surface area contributed by atoms with Gasteiger partial charge in [0, 0.05) is 10.7 Å². The lowest BCUT2D eigenvalue weighted by Gasteiger charge is -2.24. The number of rotatable bonds is 5. The molecule has 6 nitrogen and oxygen atoms in total. The van der Waals surface area contributed by atoms with E-state index >= 15 is 0 Å². The van der Waals surface area contributed by atoms with Crippen molar-refractivity contribution < 1.29 is 14.3 Å². The Hall–Kier alpha value is -3.61. The van der Waals surface area contributed by atoms with E-state index in [1.807, 2.05) is 71.4 Å². The van der Waals surface area contributed by atoms with Gasteiger partial charge in [-0.1, -0.05) is 41.9 Å². The third kappa shape index (κ3) is 4.51. The van der Waals surface area contributed by atoms with Crippen LogP contribution < -0.4 is 10.1 Å². The van der Waals surface area contributed by atoms with Crippen molar-refractivity contribution >= 4 is 23.2 Å². The van der Waals surface area contributed by atoms with Crippen molar-refractivity contribution in [3.8, 4) is 11.5 Å². The normalized spacial score (nSPS) is 15.1. The van der Waals surface area contributed by atoms with Gasteiger partial charge in [-0.3, -0.25) is 9.48 Å². The molecule has 1 atom stereocenters. The van der Waals surface area contributed by atoms with Crippen LogP contribution in [0, 0.1) is 0 Å². The smallest absolute Gasteiger partial charge is 0.276 e. The fraction of sp³-hybridized carbons (Fsp3) is 0.120. The van der Waals surface area contributed by atoms with E-state index in [-0.39, 0.29) is 12.0 Å². The number of hydrogen-bond donors (Lipinski definition) is 1. The highest BCUT2D eigenvalue weighted by molar-refractivity contribution is 6.30. The first-order chi connectivity index (χ1) is 15.6. The van der Waals surface area contributed by atoms with Crippen LogP contribution in [0.2, 0.25) is 5.02 Å². The van der Waals surface area contributed by atoms with Crippen molar-refractivity contribution in [2.75, 3.05) is 5.32 Å². The zero-order chi connectivity index (χ0) is 21.9.